The van der Waals surface area contributed by atoms with Gasteiger partial charge in [0.2, 0.25) is 0 Å². The third kappa shape index (κ3) is 4.03. The monoisotopic (exact) mass is 356 g/mol. The molecule has 0 aliphatic rings. The van der Waals surface area contributed by atoms with E-state index in [0.29, 0.717) is 6.61 Å². The van der Waals surface area contributed by atoms with E-state index in [9.17, 15) is 4.79 Å². The molecule has 4 heteroatoms. The molecule has 0 N–H and O–H groups in total. The Balaban J connectivity index is 2.89. The van der Waals surface area contributed by atoms with Crippen LogP contribution in [-0.4, -0.2) is 21.2 Å². The Morgan fingerprint density at radius 2 is 1.95 bits per heavy atom. The van der Waals surface area contributed by atoms with Crippen molar-refractivity contribution in [2.45, 2.75) is 51.7 Å². The second-order valence-corrected chi connectivity index (χ2v) is 12.4. The standard InChI is InChI=1S/C16H25BrO2Si/c1-12-14(8-7-9-15(12)17)13(10-18)11-19-20(5,6)16(2,3)4/h7-10,13H,11H2,1-6H3/t13-/m0/s1. The number of aldehydes is 1. The first-order chi connectivity index (χ1) is 9.10. The van der Waals surface area contributed by atoms with Crippen molar-refractivity contribution >= 4 is 30.5 Å². The van der Waals surface area contributed by atoms with Gasteiger partial charge in [0.1, 0.15) is 6.29 Å². The van der Waals surface area contributed by atoms with Crippen LogP contribution in [0.4, 0.5) is 0 Å². The Kier molecular flexibility index (Phi) is 5.76. The highest BCUT2D eigenvalue weighted by Gasteiger charge is 2.37. The molecule has 0 aromatic heterocycles. The van der Waals surface area contributed by atoms with Crippen molar-refractivity contribution in [3.05, 3.63) is 33.8 Å². The highest BCUT2D eigenvalue weighted by atomic mass is 79.9. The fraction of sp³-hybridized carbons (Fsp3) is 0.562. The summed E-state index contributed by atoms with van der Waals surface area (Å²) in [7, 11) is -1.82. The van der Waals surface area contributed by atoms with Crippen LogP contribution < -0.4 is 0 Å². The first kappa shape index (κ1) is 17.6. The molecule has 0 spiro atoms. The molecule has 20 heavy (non-hydrogen) atoms. The van der Waals surface area contributed by atoms with Gasteiger partial charge >= 0.3 is 0 Å². The zero-order chi connectivity index (χ0) is 15.6. The van der Waals surface area contributed by atoms with E-state index in [1.165, 1.54) is 0 Å². The molecule has 1 atom stereocenters. The average molecular weight is 357 g/mol. The molecule has 0 aliphatic heterocycles. The van der Waals surface area contributed by atoms with Crippen molar-refractivity contribution in [1.82, 2.24) is 0 Å². The Hall–Kier alpha value is -0.453. The van der Waals surface area contributed by atoms with Crippen LogP contribution in [0, 0.1) is 6.92 Å². The summed E-state index contributed by atoms with van der Waals surface area (Å²) in [6.07, 6.45) is 1.00. The third-order valence-corrected chi connectivity index (χ3v) is 9.66. The normalized spacial score (nSPS) is 14.2. The summed E-state index contributed by atoms with van der Waals surface area (Å²) >= 11 is 3.52. The number of halogens is 1. The predicted molar refractivity (Wildman–Crippen MR) is 90.8 cm³/mol. The molecule has 0 heterocycles. The third-order valence-electron chi connectivity index (χ3n) is 4.30. The van der Waals surface area contributed by atoms with Crippen molar-refractivity contribution in [3.8, 4) is 0 Å². The molecule has 0 amide bonds. The lowest BCUT2D eigenvalue weighted by atomic mass is 9.97. The van der Waals surface area contributed by atoms with Gasteiger partial charge in [-0.05, 0) is 42.2 Å². The van der Waals surface area contributed by atoms with E-state index in [2.05, 4.69) is 49.8 Å². The molecule has 1 aromatic carbocycles. The fourth-order valence-corrected chi connectivity index (χ4v) is 3.15. The SMILES string of the molecule is Cc1c(Br)cccc1[C@@H](C=O)CO[Si](C)(C)C(C)(C)C. The summed E-state index contributed by atoms with van der Waals surface area (Å²) in [6.45, 7) is 13.5. The first-order valence-corrected chi connectivity index (χ1v) is 10.6. The van der Waals surface area contributed by atoms with Crippen molar-refractivity contribution < 1.29 is 9.22 Å². The average Bonchev–Trinajstić information content (AvgIpc) is 2.33. The summed E-state index contributed by atoms with van der Waals surface area (Å²) in [5, 5.41) is 0.159. The number of rotatable bonds is 5. The van der Waals surface area contributed by atoms with Gasteiger partial charge in [0.25, 0.3) is 0 Å². The molecule has 0 unspecified atom stereocenters. The fourth-order valence-electron chi connectivity index (χ4n) is 1.74. The first-order valence-electron chi connectivity index (χ1n) is 6.94. The molecule has 0 fully saturated rings. The Morgan fingerprint density at radius 3 is 2.45 bits per heavy atom. The minimum Gasteiger partial charge on any atom is -0.416 e. The molecule has 2 nitrogen and oxygen atoms in total. The lowest BCUT2D eigenvalue weighted by molar-refractivity contribution is -0.109. The van der Waals surface area contributed by atoms with E-state index in [4.69, 9.17) is 4.43 Å². The zero-order valence-electron chi connectivity index (χ0n) is 13.3. The molecule has 0 radical (unpaired) electrons. The maximum atomic E-state index is 11.5. The molecule has 0 aliphatic carbocycles. The summed E-state index contributed by atoms with van der Waals surface area (Å²) < 4.78 is 7.22. The molecule has 112 valence electrons. The smallest absolute Gasteiger partial charge is 0.192 e. The Bertz CT molecular complexity index is 478. The van der Waals surface area contributed by atoms with Crippen molar-refractivity contribution in [3.63, 3.8) is 0 Å². The quantitative estimate of drug-likeness (QED) is 0.544. The predicted octanol–water partition coefficient (Wildman–Crippen LogP) is 5.06. The molecule has 0 saturated carbocycles. The molecular weight excluding hydrogens is 332 g/mol. The molecule has 0 bridgehead atoms. The van der Waals surface area contributed by atoms with Crippen molar-refractivity contribution in [2.75, 3.05) is 6.61 Å². The van der Waals surface area contributed by atoms with Crippen molar-refractivity contribution in [1.29, 1.82) is 0 Å². The molecule has 0 saturated heterocycles. The van der Waals surface area contributed by atoms with Crippen LogP contribution in [0.2, 0.25) is 18.1 Å². The summed E-state index contributed by atoms with van der Waals surface area (Å²) in [5.41, 5.74) is 2.16. The maximum absolute atomic E-state index is 11.5. The van der Waals surface area contributed by atoms with Crippen LogP contribution >= 0.6 is 15.9 Å². The lowest BCUT2D eigenvalue weighted by Gasteiger charge is -2.37. The number of benzene rings is 1. The van der Waals surface area contributed by atoms with E-state index in [1.807, 2.05) is 25.1 Å². The van der Waals surface area contributed by atoms with Gasteiger partial charge in [0, 0.05) is 11.1 Å². The van der Waals surface area contributed by atoms with Crippen LogP contribution in [0.5, 0.6) is 0 Å². The van der Waals surface area contributed by atoms with Crippen LogP contribution in [0.3, 0.4) is 0 Å². The van der Waals surface area contributed by atoms with Gasteiger partial charge in [0.15, 0.2) is 8.32 Å². The van der Waals surface area contributed by atoms with Gasteiger partial charge in [-0.15, -0.1) is 0 Å². The lowest BCUT2D eigenvalue weighted by Crippen LogP contribution is -2.41. The van der Waals surface area contributed by atoms with Gasteiger partial charge in [-0.3, -0.25) is 0 Å². The topological polar surface area (TPSA) is 26.3 Å². The van der Waals surface area contributed by atoms with Gasteiger partial charge in [-0.2, -0.15) is 0 Å². The van der Waals surface area contributed by atoms with Gasteiger partial charge < -0.3 is 9.22 Å². The number of carbonyl (C=O) groups is 1. The second kappa shape index (κ2) is 6.54. The summed E-state index contributed by atoms with van der Waals surface area (Å²) in [6, 6.07) is 5.97. The minimum atomic E-state index is -1.82. The summed E-state index contributed by atoms with van der Waals surface area (Å²) in [4.78, 5) is 11.5. The van der Waals surface area contributed by atoms with Gasteiger partial charge in [-0.1, -0.05) is 48.8 Å². The van der Waals surface area contributed by atoms with Gasteiger partial charge in [-0.25, -0.2) is 0 Å². The number of carbonyl (C=O) groups excluding carboxylic acids is 1. The van der Waals surface area contributed by atoms with E-state index < -0.39 is 8.32 Å². The minimum absolute atomic E-state index is 0.159. The maximum Gasteiger partial charge on any atom is 0.192 e. The van der Waals surface area contributed by atoms with Crippen molar-refractivity contribution in [2.24, 2.45) is 0 Å². The number of hydrogen-bond donors (Lipinski definition) is 0. The zero-order valence-corrected chi connectivity index (χ0v) is 15.9. The van der Waals surface area contributed by atoms with Crippen LogP contribution in [-0.2, 0) is 9.22 Å². The van der Waals surface area contributed by atoms with Crippen LogP contribution in [0.1, 0.15) is 37.8 Å². The Labute approximate surface area is 132 Å². The molecular formula is C16H25BrO2Si. The Morgan fingerprint density at radius 1 is 1.35 bits per heavy atom. The summed E-state index contributed by atoms with van der Waals surface area (Å²) in [5.74, 6) is -0.193. The number of hydrogen-bond acceptors (Lipinski definition) is 2. The molecule has 1 aromatic rings. The van der Waals surface area contributed by atoms with Crippen LogP contribution in [0.25, 0.3) is 0 Å². The largest absolute Gasteiger partial charge is 0.416 e. The van der Waals surface area contributed by atoms with E-state index in [-0.39, 0.29) is 11.0 Å². The van der Waals surface area contributed by atoms with E-state index >= 15 is 0 Å². The van der Waals surface area contributed by atoms with Gasteiger partial charge in [0.05, 0.1) is 5.92 Å². The van der Waals surface area contributed by atoms with Crippen LogP contribution in [0.15, 0.2) is 22.7 Å². The second-order valence-electron chi connectivity index (χ2n) is 6.77. The van der Waals surface area contributed by atoms with E-state index in [0.717, 1.165) is 21.9 Å². The van der Waals surface area contributed by atoms with E-state index in [1.54, 1.807) is 0 Å². The highest BCUT2D eigenvalue weighted by Crippen LogP contribution is 2.37. The highest BCUT2D eigenvalue weighted by molar-refractivity contribution is 9.10. The molecule has 1 rings (SSSR count).